The lowest BCUT2D eigenvalue weighted by Crippen LogP contribution is -2.50. The molecule has 0 aliphatic carbocycles. The van der Waals surface area contributed by atoms with Gasteiger partial charge in [-0.25, -0.2) is 14.2 Å². The van der Waals surface area contributed by atoms with Crippen LogP contribution < -0.4 is 5.32 Å². The average molecular weight is 279 g/mol. The number of hydrogen-bond donors (Lipinski definition) is 2. The number of aliphatic carboxylic acids is 1. The van der Waals surface area contributed by atoms with E-state index in [4.69, 9.17) is 5.11 Å². The number of fused-ring (bicyclic) bond motifs is 1. The number of nitrogens with zero attached hydrogens (tertiary/aromatic N) is 2. The first-order valence-corrected chi connectivity index (χ1v) is 5.93. The number of halogens is 1. The number of carboxylic acids is 1. The number of imidazole rings is 1. The van der Waals surface area contributed by atoms with Crippen molar-refractivity contribution in [3.8, 4) is 0 Å². The third-order valence-corrected chi connectivity index (χ3v) is 2.95. The molecule has 2 heterocycles. The third kappa shape index (κ3) is 2.22. The Hall–Kier alpha value is -2.44. The molecule has 2 aromatic heterocycles. The molecule has 20 heavy (non-hydrogen) atoms. The maximum Gasteiger partial charge on any atom is 0.328 e. The molecular formula is C13H14FN3O3. The highest BCUT2D eigenvalue weighted by molar-refractivity contribution is 5.97. The number of nitrogens with one attached hydrogen (secondary N) is 1. The summed E-state index contributed by atoms with van der Waals surface area (Å²) >= 11 is 0. The number of carbonyl (C=O) groups excluding carboxylic acids is 1. The van der Waals surface area contributed by atoms with E-state index in [2.05, 4.69) is 10.3 Å². The second-order valence-corrected chi connectivity index (χ2v) is 4.98. The number of rotatable bonds is 3. The smallest absolute Gasteiger partial charge is 0.328 e. The molecule has 0 aliphatic rings. The predicted molar refractivity (Wildman–Crippen MR) is 69.1 cm³/mol. The van der Waals surface area contributed by atoms with Gasteiger partial charge in [-0.1, -0.05) is 0 Å². The fraction of sp³-hybridized carbons (Fsp3) is 0.308. The molecule has 0 saturated carbocycles. The van der Waals surface area contributed by atoms with E-state index in [0.29, 0.717) is 5.69 Å². The summed E-state index contributed by atoms with van der Waals surface area (Å²) in [6.45, 7) is 4.30. The number of aryl methyl sites for hydroxylation is 1. The predicted octanol–water partition coefficient (Wildman–Crippen LogP) is 1.37. The van der Waals surface area contributed by atoms with Crippen molar-refractivity contribution in [1.82, 2.24) is 14.7 Å². The minimum absolute atomic E-state index is 0.0308. The number of carboxylic acid groups (broad SMARTS) is 1. The number of hydrogen-bond acceptors (Lipinski definition) is 3. The van der Waals surface area contributed by atoms with Crippen LogP contribution in [0, 0.1) is 12.7 Å². The van der Waals surface area contributed by atoms with Gasteiger partial charge in [0.15, 0.2) is 11.5 Å². The van der Waals surface area contributed by atoms with Crippen LogP contribution in [-0.2, 0) is 4.79 Å². The Balaban J connectivity index is 2.48. The molecule has 0 spiro atoms. The number of pyridine rings is 1. The monoisotopic (exact) mass is 279 g/mol. The molecule has 0 atom stereocenters. The van der Waals surface area contributed by atoms with E-state index in [9.17, 15) is 14.0 Å². The van der Waals surface area contributed by atoms with Gasteiger partial charge in [-0.05, 0) is 32.9 Å². The number of amides is 1. The summed E-state index contributed by atoms with van der Waals surface area (Å²) < 4.78 is 14.9. The zero-order valence-electron chi connectivity index (χ0n) is 11.3. The van der Waals surface area contributed by atoms with Crippen LogP contribution in [0.15, 0.2) is 18.3 Å². The highest BCUT2D eigenvalue weighted by Crippen LogP contribution is 2.16. The van der Waals surface area contributed by atoms with Crippen LogP contribution in [0.1, 0.15) is 30.0 Å². The summed E-state index contributed by atoms with van der Waals surface area (Å²) in [5.74, 6) is -2.33. The van der Waals surface area contributed by atoms with E-state index < -0.39 is 23.2 Å². The molecular weight excluding hydrogens is 265 g/mol. The molecule has 0 aromatic carbocycles. The third-order valence-electron chi connectivity index (χ3n) is 2.95. The van der Waals surface area contributed by atoms with E-state index in [1.54, 1.807) is 6.92 Å². The molecule has 2 N–H and O–H groups in total. The summed E-state index contributed by atoms with van der Waals surface area (Å²) in [6.07, 6.45) is 1.50. The minimum atomic E-state index is -1.43. The van der Waals surface area contributed by atoms with Gasteiger partial charge in [0.25, 0.3) is 5.91 Å². The zero-order chi connectivity index (χ0) is 15.1. The highest BCUT2D eigenvalue weighted by atomic mass is 19.1. The molecule has 0 unspecified atom stereocenters. The summed E-state index contributed by atoms with van der Waals surface area (Å²) in [4.78, 5) is 27.2. The molecule has 2 rings (SSSR count). The number of carbonyl (C=O) groups is 2. The fourth-order valence-electron chi connectivity index (χ4n) is 1.82. The van der Waals surface area contributed by atoms with Crippen LogP contribution in [0.5, 0.6) is 0 Å². The molecule has 106 valence electrons. The van der Waals surface area contributed by atoms with Crippen molar-refractivity contribution in [1.29, 1.82) is 0 Å². The standard InChI is InChI=1S/C13H14FN3O3/c1-7-9(11(18)16-13(2,3)12(19)20)17-6-4-5-8(14)10(17)15-7/h4-6H,1-3H3,(H,16,18)(H,19,20). The molecule has 0 bridgehead atoms. The van der Waals surface area contributed by atoms with E-state index in [0.717, 1.165) is 0 Å². The van der Waals surface area contributed by atoms with Gasteiger partial charge in [-0.2, -0.15) is 0 Å². The zero-order valence-corrected chi connectivity index (χ0v) is 11.3. The Morgan fingerprint density at radius 3 is 2.70 bits per heavy atom. The molecule has 1 amide bonds. The second-order valence-electron chi connectivity index (χ2n) is 4.98. The van der Waals surface area contributed by atoms with Gasteiger partial charge in [-0.15, -0.1) is 0 Å². The van der Waals surface area contributed by atoms with E-state index in [1.165, 1.54) is 36.6 Å². The normalized spacial score (nSPS) is 11.6. The molecule has 2 aromatic rings. The Morgan fingerprint density at radius 1 is 1.45 bits per heavy atom. The first kappa shape index (κ1) is 14.0. The SMILES string of the molecule is Cc1nc2c(F)cccn2c1C(=O)NC(C)(C)C(=O)O. The maximum atomic E-state index is 13.6. The Kier molecular flexibility index (Phi) is 3.21. The molecule has 7 heteroatoms. The van der Waals surface area contributed by atoms with Gasteiger partial charge in [0.2, 0.25) is 0 Å². The van der Waals surface area contributed by atoms with Gasteiger partial charge in [0, 0.05) is 6.20 Å². The molecule has 0 fully saturated rings. The molecule has 6 nitrogen and oxygen atoms in total. The van der Waals surface area contributed by atoms with Crippen molar-refractivity contribution in [3.05, 3.63) is 35.5 Å². The summed E-state index contributed by atoms with van der Waals surface area (Å²) in [7, 11) is 0. The number of aromatic nitrogens is 2. The Bertz CT molecular complexity index is 706. The minimum Gasteiger partial charge on any atom is -0.480 e. The van der Waals surface area contributed by atoms with Crippen LogP contribution in [0.4, 0.5) is 4.39 Å². The van der Waals surface area contributed by atoms with Crippen molar-refractivity contribution >= 4 is 17.5 Å². The van der Waals surface area contributed by atoms with Gasteiger partial charge < -0.3 is 10.4 Å². The van der Waals surface area contributed by atoms with Crippen LogP contribution in [0.3, 0.4) is 0 Å². The first-order valence-electron chi connectivity index (χ1n) is 5.93. The van der Waals surface area contributed by atoms with E-state index in [1.807, 2.05) is 0 Å². The van der Waals surface area contributed by atoms with Crippen LogP contribution in [0.2, 0.25) is 0 Å². The van der Waals surface area contributed by atoms with E-state index in [-0.39, 0.29) is 11.3 Å². The summed E-state index contributed by atoms with van der Waals surface area (Å²) in [6, 6.07) is 2.69. The average Bonchev–Trinajstić information content (AvgIpc) is 2.66. The quantitative estimate of drug-likeness (QED) is 0.889. The maximum absolute atomic E-state index is 13.6. The van der Waals surface area contributed by atoms with Gasteiger partial charge in [-0.3, -0.25) is 9.20 Å². The largest absolute Gasteiger partial charge is 0.480 e. The van der Waals surface area contributed by atoms with Crippen LogP contribution in [-0.4, -0.2) is 31.9 Å². The Morgan fingerprint density at radius 2 is 2.10 bits per heavy atom. The lowest BCUT2D eigenvalue weighted by atomic mass is 10.1. The highest BCUT2D eigenvalue weighted by Gasteiger charge is 2.31. The van der Waals surface area contributed by atoms with Gasteiger partial charge in [0.1, 0.15) is 11.2 Å². The van der Waals surface area contributed by atoms with E-state index >= 15 is 0 Å². The topological polar surface area (TPSA) is 83.7 Å². The van der Waals surface area contributed by atoms with Crippen molar-refractivity contribution in [2.75, 3.05) is 0 Å². The lowest BCUT2D eigenvalue weighted by molar-refractivity contribution is -0.143. The van der Waals surface area contributed by atoms with Crippen LogP contribution >= 0.6 is 0 Å². The van der Waals surface area contributed by atoms with Crippen molar-refractivity contribution < 1.29 is 19.1 Å². The van der Waals surface area contributed by atoms with Gasteiger partial charge in [0.05, 0.1) is 5.69 Å². The molecule has 0 radical (unpaired) electrons. The second kappa shape index (κ2) is 4.59. The summed E-state index contributed by atoms with van der Waals surface area (Å²) in [5.41, 5.74) is -0.952. The fourth-order valence-corrected chi connectivity index (χ4v) is 1.82. The lowest BCUT2D eigenvalue weighted by Gasteiger charge is -2.20. The van der Waals surface area contributed by atoms with Crippen molar-refractivity contribution in [2.45, 2.75) is 26.3 Å². The van der Waals surface area contributed by atoms with Crippen molar-refractivity contribution in [2.24, 2.45) is 0 Å². The van der Waals surface area contributed by atoms with Crippen LogP contribution in [0.25, 0.3) is 5.65 Å². The summed E-state index contributed by atoms with van der Waals surface area (Å²) in [5, 5.41) is 11.4. The molecule has 0 aliphatic heterocycles. The van der Waals surface area contributed by atoms with Crippen molar-refractivity contribution in [3.63, 3.8) is 0 Å². The molecule has 0 saturated heterocycles. The van der Waals surface area contributed by atoms with Gasteiger partial charge >= 0.3 is 5.97 Å². The Labute approximate surface area is 114 Å². The first-order chi connectivity index (χ1) is 9.24.